The van der Waals surface area contributed by atoms with Gasteiger partial charge in [-0.3, -0.25) is 14.4 Å². The summed E-state index contributed by atoms with van der Waals surface area (Å²) in [5.41, 5.74) is 2.31. The summed E-state index contributed by atoms with van der Waals surface area (Å²) in [6, 6.07) is -0.510. The van der Waals surface area contributed by atoms with E-state index in [1.54, 1.807) is 18.7 Å². The smallest absolute Gasteiger partial charge is 0.256 e. The van der Waals surface area contributed by atoms with Crippen LogP contribution in [0.1, 0.15) is 39.0 Å². The molecule has 2 aliphatic rings. The number of H-pyrrole nitrogens is 1. The van der Waals surface area contributed by atoms with Crippen molar-refractivity contribution in [1.82, 2.24) is 25.0 Å². The van der Waals surface area contributed by atoms with Crippen LogP contribution in [0.5, 0.6) is 0 Å². The Morgan fingerprint density at radius 1 is 1.04 bits per heavy atom. The molecule has 2 fully saturated rings. The number of hydrogen-bond acceptors (Lipinski definition) is 5. The lowest BCUT2D eigenvalue weighted by Gasteiger charge is -2.40. The molecule has 1 aromatic heterocycles. The van der Waals surface area contributed by atoms with Crippen LogP contribution in [0.4, 0.5) is 0 Å². The maximum Gasteiger partial charge on any atom is 0.256 e. The summed E-state index contributed by atoms with van der Waals surface area (Å²) < 4.78 is 0. The summed E-state index contributed by atoms with van der Waals surface area (Å²) in [7, 11) is 2.05. The number of aromatic amines is 1. The Labute approximate surface area is 159 Å². The number of carbonyl (C=O) groups excluding carboxylic acids is 3. The first kappa shape index (κ1) is 19.6. The number of aromatic nitrogens is 1. The minimum absolute atomic E-state index is 0.00119. The third-order valence-electron chi connectivity index (χ3n) is 5.61. The minimum atomic E-state index is -0.510. The maximum absolute atomic E-state index is 13.3. The molecular weight excluding hydrogens is 346 g/mol. The number of rotatable bonds is 3. The highest BCUT2D eigenvalue weighted by atomic mass is 16.2. The zero-order chi connectivity index (χ0) is 19.7. The predicted octanol–water partition coefficient (Wildman–Crippen LogP) is 0.0221. The van der Waals surface area contributed by atoms with Crippen LogP contribution in [-0.4, -0.2) is 96.2 Å². The fraction of sp³-hybridized carbons (Fsp3) is 0.632. The average Bonchev–Trinajstić information content (AvgIpc) is 2.96. The van der Waals surface area contributed by atoms with Crippen LogP contribution in [0, 0.1) is 13.8 Å². The molecular formula is C19H29N5O3. The van der Waals surface area contributed by atoms with Gasteiger partial charge in [0.2, 0.25) is 5.91 Å². The summed E-state index contributed by atoms with van der Waals surface area (Å²) in [5, 5.41) is 3.24. The van der Waals surface area contributed by atoms with Gasteiger partial charge in [0.1, 0.15) is 6.04 Å². The molecule has 1 unspecified atom stereocenters. The summed E-state index contributed by atoms with van der Waals surface area (Å²) in [4.78, 5) is 47.0. The van der Waals surface area contributed by atoms with Crippen LogP contribution in [0.2, 0.25) is 0 Å². The average molecular weight is 375 g/mol. The molecule has 8 nitrogen and oxygen atoms in total. The number of Topliss-reactive ketones (excluding diaryl/α,β-unsaturated/α-hetero) is 1. The van der Waals surface area contributed by atoms with Crippen LogP contribution < -0.4 is 5.32 Å². The first-order valence-electron chi connectivity index (χ1n) is 9.50. The van der Waals surface area contributed by atoms with E-state index in [9.17, 15) is 14.4 Å². The number of carbonyl (C=O) groups is 3. The molecule has 2 N–H and O–H groups in total. The largest absolute Gasteiger partial charge is 0.355 e. The topological polar surface area (TPSA) is 88.8 Å². The standard InChI is InChI=1S/C19H29N5O3/c1-12-16(13(2)21-17(12)14(3)25)19(27)24-6-5-20-11-15(24)18(26)23-9-7-22(4)8-10-23/h15,20-21H,5-11H2,1-4H3. The fourth-order valence-electron chi connectivity index (χ4n) is 3.97. The molecule has 0 aromatic carbocycles. The van der Waals surface area contributed by atoms with Gasteiger partial charge in [0.25, 0.3) is 5.91 Å². The third-order valence-corrected chi connectivity index (χ3v) is 5.61. The van der Waals surface area contributed by atoms with E-state index in [0.29, 0.717) is 55.2 Å². The summed E-state index contributed by atoms with van der Waals surface area (Å²) in [6.45, 7) is 9.71. The molecule has 0 aliphatic carbocycles. The molecule has 2 saturated heterocycles. The highest BCUT2D eigenvalue weighted by Crippen LogP contribution is 2.22. The van der Waals surface area contributed by atoms with E-state index in [4.69, 9.17) is 0 Å². The lowest BCUT2D eigenvalue weighted by molar-refractivity contribution is -0.138. The van der Waals surface area contributed by atoms with Crippen LogP contribution in [-0.2, 0) is 4.79 Å². The number of aryl methyl sites for hydroxylation is 1. The Morgan fingerprint density at radius 2 is 1.70 bits per heavy atom. The second kappa shape index (κ2) is 7.82. The molecule has 2 aliphatic heterocycles. The van der Waals surface area contributed by atoms with Gasteiger partial charge in [0, 0.05) is 58.4 Å². The molecule has 3 heterocycles. The van der Waals surface area contributed by atoms with E-state index in [-0.39, 0.29) is 17.6 Å². The molecule has 0 saturated carbocycles. The number of piperazine rings is 2. The van der Waals surface area contributed by atoms with Crippen molar-refractivity contribution in [2.75, 3.05) is 52.9 Å². The Bertz CT molecular complexity index is 749. The van der Waals surface area contributed by atoms with E-state index in [2.05, 4.69) is 15.2 Å². The second-order valence-electron chi connectivity index (χ2n) is 7.53. The fourth-order valence-corrected chi connectivity index (χ4v) is 3.97. The summed E-state index contributed by atoms with van der Waals surface area (Å²) in [6.07, 6.45) is 0. The van der Waals surface area contributed by atoms with Crippen molar-refractivity contribution >= 4 is 17.6 Å². The molecule has 3 rings (SSSR count). The van der Waals surface area contributed by atoms with Gasteiger partial charge in [-0.05, 0) is 26.5 Å². The molecule has 8 heteroatoms. The van der Waals surface area contributed by atoms with E-state index in [1.165, 1.54) is 6.92 Å². The van der Waals surface area contributed by atoms with Crippen molar-refractivity contribution < 1.29 is 14.4 Å². The molecule has 2 amide bonds. The van der Waals surface area contributed by atoms with Gasteiger partial charge < -0.3 is 25.0 Å². The first-order valence-corrected chi connectivity index (χ1v) is 9.50. The van der Waals surface area contributed by atoms with Crippen LogP contribution in [0.25, 0.3) is 0 Å². The van der Waals surface area contributed by atoms with Crippen molar-refractivity contribution in [2.45, 2.75) is 26.8 Å². The quantitative estimate of drug-likeness (QED) is 0.728. The lowest BCUT2D eigenvalue weighted by atomic mass is 10.0. The normalized spacial score (nSPS) is 21.4. The van der Waals surface area contributed by atoms with Crippen molar-refractivity contribution in [3.63, 3.8) is 0 Å². The van der Waals surface area contributed by atoms with Crippen molar-refractivity contribution in [1.29, 1.82) is 0 Å². The minimum Gasteiger partial charge on any atom is -0.355 e. The molecule has 0 radical (unpaired) electrons. The summed E-state index contributed by atoms with van der Waals surface area (Å²) >= 11 is 0. The second-order valence-corrected chi connectivity index (χ2v) is 7.53. The van der Waals surface area contributed by atoms with Crippen molar-refractivity contribution in [2.24, 2.45) is 0 Å². The van der Waals surface area contributed by atoms with Gasteiger partial charge in [-0.25, -0.2) is 0 Å². The van der Waals surface area contributed by atoms with E-state index < -0.39 is 6.04 Å². The third kappa shape index (κ3) is 3.77. The highest BCUT2D eigenvalue weighted by Gasteiger charge is 2.37. The summed E-state index contributed by atoms with van der Waals surface area (Å²) in [5.74, 6) is -0.274. The molecule has 0 spiro atoms. The number of hydrogen-bond donors (Lipinski definition) is 2. The number of ketones is 1. The Hall–Kier alpha value is -2.19. The first-order chi connectivity index (χ1) is 12.8. The van der Waals surface area contributed by atoms with E-state index in [1.807, 2.05) is 11.9 Å². The van der Waals surface area contributed by atoms with Crippen LogP contribution in [0.15, 0.2) is 0 Å². The number of nitrogens with zero attached hydrogens (tertiary/aromatic N) is 3. The molecule has 0 bridgehead atoms. The molecule has 27 heavy (non-hydrogen) atoms. The van der Waals surface area contributed by atoms with E-state index >= 15 is 0 Å². The van der Waals surface area contributed by atoms with Gasteiger partial charge in [0.05, 0.1) is 11.3 Å². The van der Waals surface area contributed by atoms with Crippen LogP contribution in [0.3, 0.4) is 0 Å². The Balaban J connectivity index is 1.84. The lowest BCUT2D eigenvalue weighted by Crippen LogP contribution is -2.62. The zero-order valence-electron chi connectivity index (χ0n) is 16.6. The van der Waals surface area contributed by atoms with Gasteiger partial charge in [0.15, 0.2) is 5.78 Å². The van der Waals surface area contributed by atoms with Crippen LogP contribution >= 0.6 is 0 Å². The monoisotopic (exact) mass is 375 g/mol. The maximum atomic E-state index is 13.3. The molecule has 1 atom stereocenters. The molecule has 1 aromatic rings. The Kier molecular flexibility index (Phi) is 5.67. The van der Waals surface area contributed by atoms with Gasteiger partial charge >= 0.3 is 0 Å². The zero-order valence-corrected chi connectivity index (χ0v) is 16.6. The van der Waals surface area contributed by atoms with Crippen molar-refractivity contribution in [3.05, 3.63) is 22.5 Å². The SMILES string of the molecule is CC(=O)c1[nH]c(C)c(C(=O)N2CCNCC2C(=O)N2CCN(C)CC2)c1C. The van der Waals surface area contributed by atoms with Crippen molar-refractivity contribution in [3.8, 4) is 0 Å². The number of likely N-dealkylation sites (N-methyl/N-ethyl adjacent to an activating group) is 1. The highest BCUT2D eigenvalue weighted by molar-refractivity contribution is 6.04. The number of nitrogens with one attached hydrogen (secondary N) is 2. The van der Waals surface area contributed by atoms with Gasteiger partial charge in [-0.1, -0.05) is 0 Å². The van der Waals surface area contributed by atoms with Gasteiger partial charge in [-0.15, -0.1) is 0 Å². The van der Waals surface area contributed by atoms with E-state index in [0.717, 1.165) is 13.1 Å². The number of amides is 2. The van der Waals surface area contributed by atoms with Gasteiger partial charge in [-0.2, -0.15) is 0 Å². The predicted molar refractivity (Wildman–Crippen MR) is 102 cm³/mol. The Morgan fingerprint density at radius 3 is 2.30 bits per heavy atom. The molecule has 148 valence electrons.